The van der Waals surface area contributed by atoms with Crippen LogP contribution in [0.15, 0.2) is 41.1 Å². The summed E-state index contributed by atoms with van der Waals surface area (Å²) in [7, 11) is 0. The number of halogens is 1. The van der Waals surface area contributed by atoms with Crippen LogP contribution < -0.4 is 11.1 Å². The standard InChI is InChI=1S/C14H16BrN3/c1-9(2)10-4-3-5-11(6-10)18-14-12(15)7-17-8-13(14)16/h3-9H,16H2,1-2H3,(H,17,18). The van der Waals surface area contributed by atoms with Gasteiger partial charge in [0.2, 0.25) is 0 Å². The Morgan fingerprint density at radius 2 is 2.06 bits per heavy atom. The van der Waals surface area contributed by atoms with Crippen LogP contribution in [0, 0.1) is 0 Å². The average molecular weight is 306 g/mol. The van der Waals surface area contributed by atoms with Crippen LogP contribution in [0.4, 0.5) is 17.1 Å². The Morgan fingerprint density at radius 1 is 1.28 bits per heavy atom. The lowest BCUT2D eigenvalue weighted by molar-refractivity contribution is 0.867. The van der Waals surface area contributed by atoms with Crippen LogP contribution in [0.25, 0.3) is 0 Å². The molecule has 0 radical (unpaired) electrons. The van der Waals surface area contributed by atoms with Crippen LogP contribution >= 0.6 is 15.9 Å². The number of nitrogens with two attached hydrogens (primary N) is 1. The molecule has 0 amide bonds. The van der Waals surface area contributed by atoms with Gasteiger partial charge >= 0.3 is 0 Å². The molecule has 18 heavy (non-hydrogen) atoms. The van der Waals surface area contributed by atoms with Gasteiger partial charge < -0.3 is 11.1 Å². The minimum atomic E-state index is 0.505. The van der Waals surface area contributed by atoms with Gasteiger partial charge in [-0.15, -0.1) is 0 Å². The van der Waals surface area contributed by atoms with Crippen molar-refractivity contribution in [2.24, 2.45) is 0 Å². The number of nitrogen functional groups attached to an aromatic ring is 1. The van der Waals surface area contributed by atoms with E-state index in [2.05, 4.69) is 52.2 Å². The Labute approximate surface area is 116 Å². The first kappa shape index (κ1) is 12.9. The summed E-state index contributed by atoms with van der Waals surface area (Å²) in [5.74, 6) is 0.505. The van der Waals surface area contributed by atoms with E-state index >= 15 is 0 Å². The average Bonchev–Trinajstić information content (AvgIpc) is 2.34. The number of nitrogens with zero attached hydrogens (tertiary/aromatic N) is 1. The highest BCUT2D eigenvalue weighted by atomic mass is 79.9. The molecule has 0 bridgehead atoms. The summed E-state index contributed by atoms with van der Waals surface area (Å²) < 4.78 is 0.859. The molecule has 3 nitrogen and oxygen atoms in total. The minimum Gasteiger partial charge on any atom is -0.396 e. The first-order valence-corrected chi connectivity index (χ1v) is 6.63. The van der Waals surface area contributed by atoms with Crippen molar-refractivity contribution in [2.75, 3.05) is 11.1 Å². The zero-order valence-corrected chi connectivity index (χ0v) is 12.0. The normalized spacial score (nSPS) is 10.7. The van der Waals surface area contributed by atoms with Crippen LogP contribution in [-0.4, -0.2) is 4.98 Å². The Morgan fingerprint density at radius 3 is 2.72 bits per heavy atom. The molecule has 1 heterocycles. The fourth-order valence-corrected chi connectivity index (χ4v) is 2.15. The van der Waals surface area contributed by atoms with E-state index in [1.54, 1.807) is 12.4 Å². The predicted octanol–water partition coefficient (Wildman–Crippen LogP) is 4.29. The second-order valence-electron chi connectivity index (χ2n) is 4.49. The first-order chi connectivity index (χ1) is 8.58. The SMILES string of the molecule is CC(C)c1cccc(Nc2c(N)cncc2Br)c1. The van der Waals surface area contributed by atoms with E-state index in [1.807, 2.05) is 12.1 Å². The van der Waals surface area contributed by atoms with Gasteiger partial charge in [0.05, 0.1) is 22.0 Å². The van der Waals surface area contributed by atoms with Gasteiger partial charge in [-0.25, -0.2) is 0 Å². The van der Waals surface area contributed by atoms with E-state index in [-0.39, 0.29) is 0 Å². The van der Waals surface area contributed by atoms with E-state index in [0.717, 1.165) is 15.8 Å². The van der Waals surface area contributed by atoms with E-state index < -0.39 is 0 Å². The van der Waals surface area contributed by atoms with Crippen molar-refractivity contribution in [1.82, 2.24) is 4.98 Å². The molecule has 0 atom stereocenters. The number of pyridine rings is 1. The van der Waals surface area contributed by atoms with Crippen molar-refractivity contribution in [2.45, 2.75) is 19.8 Å². The van der Waals surface area contributed by atoms with E-state index in [4.69, 9.17) is 5.73 Å². The third-order valence-electron chi connectivity index (χ3n) is 2.75. The van der Waals surface area contributed by atoms with E-state index in [9.17, 15) is 0 Å². The van der Waals surface area contributed by atoms with Crippen molar-refractivity contribution in [3.63, 3.8) is 0 Å². The van der Waals surface area contributed by atoms with Crippen molar-refractivity contribution in [1.29, 1.82) is 0 Å². The third-order valence-corrected chi connectivity index (χ3v) is 3.35. The summed E-state index contributed by atoms with van der Waals surface area (Å²) >= 11 is 3.45. The fraction of sp³-hybridized carbons (Fsp3) is 0.214. The van der Waals surface area contributed by atoms with E-state index in [0.29, 0.717) is 11.6 Å². The lowest BCUT2D eigenvalue weighted by Gasteiger charge is -2.13. The topological polar surface area (TPSA) is 50.9 Å². The van der Waals surface area contributed by atoms with Crippen LogP contribution in [0.1, 0.15) is 25.3 Å². The van der Waals surface area contributed by atoms with Crippen molar-refractivity contribution >= 4 is 33.0 Å². The molecule has 0 saturated heterocycles. The molecular formula is C14H16BrN3. The summed E-state index contributed by atoms with van der Waals surface area (Å²) in [5.41, 5.74) is 9.71. The monoisotopic (exact) mass is 305 g/mol. The Kier molecular flexibility index (Phi) is 3.87. The number of anilines is 3. The molecule has 0 aliphatic rings. The summed E-state index contributed by atoms with van der Waals surface area (Å²) in [5, 5.41) is 3.32. The van der Waals surface area contributed by atoms with Crippen LogP contribution in [-0.2, 0) is 0 Å². The summed E-state index contributed by atoms with van der Waals surface area (Å²) in [6.45, 7) is 4.35. The molecular weight excluding hydrogens is 290 g/mol. The summed E-state index contributed by atoms with van der Waals surface area (Å²) in [6.07, 6.45) is 3.37. The number of benzene rings is 1. The number of hydrogen-bond acceptors (Lipinski definition) is 3. The van der Waals surface area contributed by atoms with Crippen LogP contribution in [0.3, 0.4) is 0 Å². The molecule has 0 aliphatic carbocycles. The molecule has 1 aromatic carbocycles. The van der Waals surface area contributed by atoms with Gasteiger partial charge in [-0.2, -0.15) is 0 Å². The molecule has 2 rings (SSSR count). The molecule has 0 saturated carbocycles. The van der Waals surface area contributed by atoms with Crippen LogP contribution in [0.2, 0.25) is 0 Å². The van der Waals surface area contributed by atoms with Crippen molar-refractivity contribution in [3.8, 4) is 0 Å². The van der Waals surface area contributed by atoms with E-state index in [1.165, 1.54) is 5.56 Å². The second kappa shape index (κ2) is 5.40. The molecule has 3 N–H and O–H groups in total. The molecule has 4 heteroatoms. The molecule has 0 fully saturated rings. The quantitative estimate of drug-likeness (QED) is 0.889. The maximum absolute atomic E-state index is 5.91. The predicted molar refractivity (Wildman–Crippen MR) is 80.2 cm³/mol. The highest BCUT2D eigenvalue weighted by Gasteiger charge is 2.06. The highest BCUT2D eigenvalue weighted by Crippen LogP contribution is 2.31. The number of aromatic nitrogens is 1. The van der Waals surface area contributed by atoms with Crippen LogP contribution in [0.5, 0.6) is 0 Å². The van der Waals surface area contributed by atoms with Crippen molar-refractivity contribution in [3.05, 3.63) is 46.7 Å². The van der Waals surface area contributed by atoms with Gasteiger partial charge in [-0.1, -0.05) is 26.0 Å². The number of nitrogens with one attached hydrogen (secondary N) is 1. The zero-order valence-electron chi connectivity index (χ0n) is 10.4. The summed E-state index contributed by atoms with van der Waals surface area (Å²) in [4.78, 5) is 4.02. The maximum Gasteiger partial charge on any atom is 0.0794 e. The zero-order chi connectivity index (χ0) is 13.1. The third kappa shape index (κ3) is 2.82. The molecule has 0 spiro atoms. The van der Waals surface area contributed by atoms with Gasteiger partial charge in [0.15, 0.2) is 0 Å². The molecule has 0 unspecified atom stereocenters. The second-order valence-corrected chi connectivity index (χ2v) is 5.35. The smallest absolute Gasteiger partial charge is 0.0794 e. The molecule has 0 aliphatic heterocycles. The Bertz CT molecular complexity index is 532. The van der Waals surface area contributed by atoms with Gasteiger partial charge in [0.1, 0.15) is 0 Å². The molecule has 2 aromatic rings. The van der Waals surface area contributed by atoms with Gasteiger partial charge in [-0.3, -0.25) is 4.98 Å². The van der Waals surface area contributed by atoms with Crippen molar-refractivity contribution < 1.29 is 0 Å². The maximum atomic E-state index is 5.91. The number of hydrogen-bond donors (Lipinski definition) is 2. The van der Waals surface area contributed by atoms with Gasteiger partial charge in [-0.05, 0) is 39.5 Å². The molecule has 1 aromatic heterocycles. The summed E-state index contributed by atoms with van der Waals surface area (Å²) in [6, 6.07) is 8.33. The lowest BCUT2D eigenvalue weighted by Crippen LogP contribution is -1.99. The Balaban J connectivity index is 2.31. The first-order valence-electron chi connectivity index (χ1n) is 5.84. The van der Waals surface area contributed by atoms with Gasteiger partial charge in [0.25, 0.3) is 0 Å². The fourth-order valence-electron chi connectivity index (χ4n) is 1.70. The van der Waals surface area contributed by atoms with Gasteiger partial charge in [0, 0.05) is 11.9 Å². The molecule has 94 valence electrons. The Hall–Kier alpha value is -1.55. The minimum absolute atomic E-state index is 0.505. The number of rotatable bonds is 3. The highest BCUT2D eigenvalue weighted by molar-refractivity contribution is 9.10. The largest absolute Gasteiger partial charge is 0.396 e. The lowest BCUT2D eigenvalue weighted by atomic mass is 10.0.